The van der Waals surface area contributed by atoms with Crippen LogP contribution in [-0.2, 0) is 0 Å². The van der Waals surface area contributed by atoms with Crippen LogP contribution in [0.1, 0.15) is 50.4 Å². The number of amidine groups is 1. The van der Waals surface area contributed by atoms with Crippen LogP contribution in [0.25, 0.3) is 0 Å². The van der Waals surface area contributed by atoms with E-state index in [1.54, 1.807) is 0 Å². The number of hydrogen-bond donors (Lipinski definition) is 0. The molecule has 4 rings (SSSR count). The van der Waals surface area contributed by atoms with Gasteiger partial charge in [-0.05, 0) is 19.8 Å². The van der Waals surface area contributed by atoms with Crippen LogP contribution in [0.5, 0.6) is 0 Å². The second kappa shape index (κ2) is 5.85. The van der Waals surface area contributed by atoms with Crippen LogP contribution in [0.15, 0.2) is 9.52 Å². The molecule has 120 valence electrons. The molecular formula is C15H23N5OS. The van der Waals surface area contributed by atoms with Crippen molar-refractivity contribution in [3.05, 3.63) is 11.7 Å². The van der Waals surface area contributed by atoms with E-state index in [2.05, 4.69) is 38.8 Å². The van der Waals surface area contributed by atoms with Crippen LogP contribution in [0.3, 0.4) is 0 Å². The van der Waals surface area contributed by atoms with Gasteiger partial charge in [-0.25, -0.2) is 0 Å². The van der Waals surface area contributed by atoms with E-state index in [0.29, 0.717) is 11.2 Å². The van der Waals surface area contributed by atoms with Gasteiger partial charge in [0.15, 0.2) is 11.0 Å². The molecule has 0 aromatic carbocycles. The minimum atomic E-state index is 0.208. The Balaban J connectivity index is 1.34. The van der Waals surface area contributed by atoms with Crippen LogP contribution < -0.4 is 0 Å². The Morgan fingerprint density at radius 1 is 1.23 bits per heavy atom. The van der Waals surface area contributed by atoms with Gasteiger partial charge in [0.1, 0.15) is 0 Å². The summed E-state index contributed by atoms with van der Waals surface area (Å²) in [5, 5.41) is 6.00. The Hall–Kier alpha value is -1.08. The number of piperazine rings is 1. The molecular weight excluding hydrogens is 298 g/mol. The third-order valence-corrected chi connectivity index (χ3v) is 5.83. The summed E-state index contributed by atoms with van der Waals surface area (Å²) in [5.41, 5.74) is 0. The molecule has 2 aliphatic heterocycles. The molecule has 7 heteroatoms. The number of thioether (sulfide) groups is 1. The first-order valence-corrected chi connectivity index (χ1v) is 9.12. The minimum Gasteiger partial charge on any atom is -0.349 e. The van der Waals surface area contributed by atoms with Crippen LogP contribution in [0.2, 0.25) is 0 Å². The molecule has 0 N–H and O–H groups in total. The highest BCUT2D eigenvalue weighted by Crippen LogP contribution is 2.38. The van der Waals surface area contributed by atoms with Gasteiger partial charge < -0.3 is 9.42 Å². The molecule has 6 nitrogen and oxygen atoms in total. The fourth-order valence-electron chi connectivity index (χ4n) is 3.02. The van der Waals surface area contributed by atoms with Gasteiger partial charge in [-0.2, -0.15) is 4.98 Å². The molecule has 1 aromatic rings. The van der Waals surface area contributed by atoms with Crippen molar-refractivity contribution in [3.8, 4) is 0 Å². The summed E-state index contributed by atoms with van der Waals surface area (Å²) >= 11 is 1.91. The van der Waals surface area contributed by atoms with Crippen LogP contribution in [-0.4, -0.2) is 63.1 Å². The first kappa shape index (κ1) is 14.5. The smallest absolute Gasteiger partial charge is 0.243 e. The number of nitrogens with zero attached hydrogens (tertiary/aromatic N) is 5. The van der Waals surface area contributed by atoms with Crippen LogP contribution in [0.4, 0.5) is 0 Å². The Kier molecular flexibility index (Phi) is 3.86. The Morgan fingerprint density at radius 2 is 2.00 bits per heavy atom. The first-order chi connectivity index (χ1) is 10.7. The van der Waals surface area contributed by atoms with Gasteiger partial charge in [0.25, 0.3) is 0 Å². The van der Waals surface area contributed by atoms with E-state index in [-0.39, 0.29) is 6.04 Å². The van der Waals surface area contributed by atoms with Crippen molar-refractivity contribution in [2.45, 2.75) is 43.9 Å². The number of hydrogen-bond acceptors (Lipinski definition) is 7. The molecule has 2 fully saturated rings. The molecule has 3 aliphatic rings. The van der Waals surface area contributed by atoms with E-state index in [4.69, 9.17) is 4.52 Å². The summed E-state index contributed by atoms with van der Waals surface area (Å²) in [6, 6.07) is 0.208. The van der Waals surface area contributed by atoms with E-state index in [0.717, 1.165) is 44.4 Å². The highest BCUT2D eigenvalue weighted by Gasteiger charge is 2.32. The summed E-state index contributed by atoms with van der Waals surface area (Å²) in [4.78, 5) is 14.1. The maximum atomic E-state index is 5.48. The van der Waals surface area contributed by atoms with Crippen molar-refractivity contribution in [1.82, 2.24) is 19.9 Å². The normalized spacial score (nSPS) is 28.0. The highest BCUT2D eigenvalue weighted by atomic mass is 32.2. The number of rotatable bonds is 3. The van der Waals surface area contributed by atoms with Gasteiger partial charge in [0.05, 0.1) is 12.6 Å². The number of aliphatic imine (C=N–C) groups is 1. The minimum absolute atomic E-state index is 0.208. The lowest BCUT2D eigenvalue weighted by Gasteiger charge is -2.37. The fraction of sp³-hybridized carbons (Fsp3) is 0.800. The number of aromatic nitrogens is 2. The zero-order chi connectivity index (χ0) is 15.1. The summed E-state index contributed by atoms with van der Waals surface area (Å²) in [5.74, 6) is 2.24. The zero-order valence-corrected chi connectivity index (χ0v) is 14.1. The third-order valence-electron chi connectivity index (χ3n) is 4.68. The SMILES string of the molecule is C[C@H](c1nc(C2CC2)no1)N1CCN(C2=NC[C@H](C)S2)CC1. The molecule has 1 saturated heterocycles. The fourth-order valence-corrected chi connectivity index (χ4v) is 4.01. The molecule has 1 aliphatic carbocycles. The molecule has 0 radical (unpaired) electrons. The van der Waals surface area contributed by atoms with Crippen LogP contribution >= 0.6 is 11.8 Å². The van der Waals surface area contributed by atoms with Gasteiger partial charge in [0.2, 0.25) is 5.89 Å². The maximum Gasteiger partial charge on any atom is 0.243 e. The Morgan fingerprint density at radius 3 is 2.64 bits per heavy atom. The molecule has 1 aromatic heterocycles. The van der Waals surface area contributed by atoms with Crippen molar-refractivity contribution >= 4 is 16.9 Å². The predicted octanol–water partition coefficient (Wildman–Crippen LogP) is 2.12. The van der Waals surface area contributed by atoms with E-state index in [9.17, 15) is 0 Å². The van der Waals surface area contributed by atoms with E-state index in [1.165, 1.54) is 18.0 Å². The van der Waals surface area contributed by atoms with Crippen molar-refractivity contribution < 1.29 is 4.52 Å². The molecule has 0 amide bonds. The van der Waals surface area contributed by atoms with Gasteiger partial charge in [-0.1, -0.05) is 23.8 Å². The third kappa shape index (κ3) is 2.88. The average Bonchev–Trinajstić information content (AvgIpc) is 3.11. The van der Waals surface area contributed by atoms with Gasteiger partial charge in [0, 0.05) is 37.3 Å². The standard InChI is InChI=1S/C15H23N5OS/c1-10-9-16-15(22-10)20-7-5-19(6-8-20)11(2)14-17-13(18-21-14)12-3-4-12/h10-12H,3-9H2,1-2H3/t10-,11+/m0/s1. The largest absolute Gasteiger partial charge is 0.349 e. The lowest BCUT2D eigenvalue weighted by molar-refractivity contribution is 0.121. The molecule has 2 atom stereocenters. The quantitative estimate of drug-likeness (QED) is 0.850. The molecule has 0 spiro atoms. The summed E-state index contributed by atoms with van der Waals surface area (Å²) in [7, 11) is 0. The lowest BCUT2D eigenvalue weighted by atomic mass is 10.2. The first-order valence-electron chi connectivity index (χ1n) is 8.24. The molecule has 22 heavy (non-hydrogen) atoms. The van der Waals surface area contributed by atoms with Gasteiger partial charge >= 0.3 is 0 Å². The lowest BCUT2D eigenvalue weighted by Crippen LogP contribution is -2.48. The topological polar surface area (TPSA) is 57.8 Å². The second-order valence-electron chi connectivity index (χ2n) is 6.52. The molecule has 1 saturated carbocycles. The van der Waals surface area contributed by atoms with E-state index in [1.807, 2.05) is 11.8 Å². The van der Waals surface area contributed by atoms with Crippen molar-refractivity contribution in [3.63, 3.8) is 0 Å². The average molecular weight is 321 g/mol. The second-order valence-corrected chi connectivity index (χ2v) is 7.92. The van der Waals surface area contributed by atoms with Gasteiger partial charge in [-0.3, -0.25) is 9.89 Å². The van der Waals surface area contributed by atoms with E-state index >= 15 is 0 Å². The predicted molar refractivity (Wildman–Crippen MR) is 87.2 cm³/mol. The van der Waals surface area contributed by atoms with E-state index < -0.39 is 0 Å². The molecule has 0 bridgehead atoms. The van der Waals surface area contributed by atoms with Crippen molar-refractivity contribution in [2.24, 2.45) is 4.99 Å². The molecule has 0 unspecified atom stereocenters. The molecule has 3 heterocycles. The van der Waals surface area contributed by atoms with Gasteiger partial charge in [-0.15, -0.1) is 0 Å². The summed E-state index contributed by atoms with van der Waals surface area (Å²) in [6.07, 6.45) is 2.43. The Bertz CT molecular complexity index is 562. The van der Waals surface area contributed by atoms with Crippen LogP contribution in [0, 0.1) is 0 Å². The monoisotopic (exact) mass is 321 g/mol. The zero-order valence-electron chi connectivity index (χ0n) is 13.2. The summed E-state index contributed by atoms with van der Waals surface area (Å²) < 4.78 is 5.48. The highest BCUT2D eigenvalue weighted by molar-refractivity contribution is 8.14. The van der Waals surface area contributed by atoms with Crippen molar-refractivity contribution in [1.29, 1.82) is 0 Å². The maximum absolute atomic E-state index is 5.48. The Labute approximate surface area is 135 Å². The summed E-state index contributed by atoms with van der Waals surface area (Å²) in [6.45, 7) is 9.49. The van der Waals surface area contributed by atoms with Crippen molar-refractivity contribution in [2.75, 3.05) is 32.7 Å².